The number of nitrogens with zero attached hydrogens (tertiary/aromatic N) is 3. The van der Waals surface area contributed by atoms with E-state index in [9.17, 15) is 13.2 Å². The molecule has 178 valence electrons. The molecule has 0 aromatic heterocycles. The van der Waals surface area contributed by atoms with Gasteiger partial charge in [-0.3, -0.25) is 9.10 Å². The van der Waals surface area contributed by atoms with E-state index in [1.807, 2.05) is 24.3 Å². The largest absolute Gasteiger partial charge is 0.497 e. The number of hydrogen-bond acceptors (Lipinski definition) is 5. The molecule has 3 aromatic rings. The Bertz CT molecular complexity index is 1210. The Kier molecular flexibility index (Phi) is 7.29. The Balaban J connectivity index is 1.49. The van der Waals surface area contributed by atoms with E-state index in [2.05, 4.69) is 4.90 Å². The average molecular weight is 500 g/mol. The molecule has 0 aliphatic carbocycles. The van der Waals surface area contributed by atoms with Crippen LogP contribution in [0.5, 0.6) is 5.75 Å². The molecule has 1 aliphatic rings. The Morgan fingerprint density at radius 3 is 2.12 bits per heavy atom. The Morgan fingerprint density at radius 2 is 1.53 bits per heavy atom. The fraction of sp³-hybridized carbons (Fsp3) is 0.240. The van der Waals surface area contributed by atoms with Crippen molar-refractivity contribution in [2.24, 2.45) is 0 Å². The lowest BCUT2D eigenvalue weighted by molar-refractivity contribution is -0.129. The zero-order valence-electron chi connectivity index (χ0n) is 18.8. The highest BCUT2D eigenvalue weighted by Gasteiger charge is 2.30. The summed E-state index contributed by atoms with van der Waals surface area (Å²) in [5.41, 5.74) is 1.45. The third-order valence-electron chi connectivity index (χ3n) is 5.79. The maximum atomic E-state index is 13.4. The molecule has 3 aromatic carbocycles. The van der Waals surface area contributed by atoms with Crippen molar-refractivity contribution in [1.29, 1.82) is 0 Å². The van der Waals surface area contributed by atoms with Crippen LogP contribution in [-0.2, 0) is 14.8 Å². The summed E-state index contributed by atoms with van der Waals surface area (Å²) >= 11 is 6.00. The second kappa shape index (κ2) is 10.4. The molecular weight excluding hydrogens is 474 g/mol. The Labute approximate surface area is 205 Å². The highest BCUT2D eigenvalue weighted by atomic mass is 35.5. The van der Waals surface area contributed by atoms with Crippen LogP contribution in [0.25, 0.3) is 0 Å². The van der Waals surface area contributed by atoms with E-state index in [-0.39, 0.29) is 17.3 Å². The first-order chi connectivity index (χ1) is 16.4. The SMILES string of the molecule is COc1ccc(N2CCN(C(=O)CN(c3ccc(Cl)cc3)S(=O)(=O)c3ccccc3)CC2)cc1. The molecule has 4 rings (SSSR count). The number of amides is 1. The number of piperazine rings is 1. The second-order valence-corrected chi connectivity index (χ2v) is 10.2. The van der Waals surface area contributed by atoms with Gasteiger partial charge in [0.2, 0.25) is 5.91 Å². The van der Waals surface area contributed by atoms with Gasteiger partial charge >= 0.3 is 0 Å². The van der Waals surface area contributed by atoms with Crippen LogP contribution in [0.4, 0.5) is 11.4 Å². The number of rotatable bonds is 7. The summed E-state index contributed by atoms with van der Waals surface area (Å²) in [6.45, 7) is 2.03. The molecule has 0 unspecified atom stereocenters. The molecule has 0 radical (unpaired) electrons. The average Bonchev–Trinajstić information content (AvgIpc) is 2.88. The van der Waals surface area contributed by atoms with E-state index in [0.717, 1.165) is 15.7 Å². The van der Waals surface area contributed by atoms with Crippen molar-refractivity contribution in [3.05, 3.63) is 83.9 Å². The van der Waals surface area contributed by atoms with Crippen molar-refractivity contribution in [2.45, 2.75) is 4.90 Å². The van der Waals surface area contributed by atoms with Gasteiger partial charge in [-0.1, -0.05) is 29.8 Å². The topological polar surface area (TPSA) is 70.2 Å². The van der Waals surface area contributed by atoms with Gasteiger partial charge in [0.1, 0.15) is 12.3 Å². The quantitative estimate of drug-likeness (QED) is 0.493. The first-order valence-corrected chi connectivity index (χ1v) is 12.7. The normalized spacial score (nSPS) is 14.1. The minimum absolute atomic E-state index is 0.127. The lowest BCUT2D eigenvalue weighted by Gasteiger charge is -2.37. The van der Waals surface area contributed by atoms with Gasteiger partial charge < -0.3 is 14.5 Å². The Morgan fingerprint density at radius 1 is 0.912 bits per heavy atom. The molecule has 9 heteroatoms. The fourth-order valence-corrected chi connectivity index (χ4v) is 5.43. The van der Waals surface area contributed by atoms with Gasteiger partial charge in [-0.25, -0.2) is 8.42 Å². The monoisotopic (exact) mass is 499 g/mol. The minimum atomic E-state index is -3.94. The van der Waals surface area contributed by atoms with Gasteiger partial charge in [-0.05, 0) is 60.7 Å². The molecule has 1 aliphatic heterocycles. The number of carbonyl (C=O) groups excluding carboxylic acids is 1. The van der Waals surface area contributed by atoms with Crippen molar-refractivity contribution in [3.63, 3.8) is 0 Å². The van der Waals surface area contributed by atoms with Crippen LogP contribution in [0.1, 0.15) is 0 Å². The van der Waals surface area contributed by atoms with Gasteiger partial charge in [-0.15, -0.1) is 0 Å². The maximum Gasteiger partial charge on any atom is 0.264 e. The molecule has 1 heterocycles. The highest BCUT2D eigenvalue weighted by Crippen LogP contribution is 2.26. The lowest BCUT2D eigenvalue weighted by Crippen LogP contribution is -2.52. The van der Waals surface area contributed by atoms with Crippen LogP contribution in [0.15, 0.2) is 83.8 Å². The molecule has 1 saturated heterocycles. The number of carbonyl (C=O) groups is 1. The first kappa shape index (κ1) is 23.9. The summed E-state index contributed by atoms with van der Waals surface area (Å²) in [6.07, 6.45) is 0. The molecule has 0 saturated carbocycles. The van der Waals surface area contributed by atoms with Crippen LogP contribution in [0.3, 0.4) is 0 Å². The summed E-state index contributed by atoms with van der Waals surface area (Å²) in [7, 11) is -2.31. The molecule has 1 fully saturated rings. The number of ether oxygens (including phenoxy) is 1. The maximum absolute atomic E-state index is 13.4. The number of methoxy groups -OCH3 is 1. The van der Waals surface area contributed by atoms with Gasteiger partial charge in [0.05, 0.1) is 17.7 Å². The predicted molar refractivity (Wildman–Crippen MR) is 134 cm³/mol. The number of halogens is 1. The van der Waals surface area contributed by atoms with Crippen LogP contribution < -0.4 is 13.9 Å². The standard InChI is InChI=1S/C25H26ClN3O4S/c1-33-23-13-11-21(12-14-23)27-15-17-28(18-16-27)25(30)19-29(22-9-7-20(26)8-10-22)34(31,32)24-5-3-2-4-6-24/h2-14H,15-19H2,1H3. The molecule has 34 heavy (non-hydrogen) atoms. The third kappa shape index (κ3) is 5.29. The van der Waals surface area contributed by atoms with Crippen LogP contribution in [0, 0.1) is 0 Å². The molecule has 7 nitrogen and oxygen atoms in total. The van der Waals surface area contributed by atoms with E-state index in [4.69, 9.17) is 16.3 Å². The predicted octanol–water partition coefficient (Wildman–Crippen LogP) is 3.89. The smallest absolute Gasteiger partial charge is 0.264 e. The van der Waals surface area contributed by atoms with E-state index in [0.29, 0.717) is 36.9 Å². The summed E-state index contributed by atoms with van der Waals surface area (Å²) in [4.78, 5) is 17.2. The molecule has 0 atom stereocenters. The van der Waals surface area contributed by atoms with Crippen LogP contribution >= 0.6 is 11.6 Å². The van der Waals surface area contributed by atoms with Crippen molar-refractivity contribution in [1.82, 2.24) is 4.90 Å². The van der Waals surface area contributed by atoms with Crippen LogP contribution in [0.2, 0.25) is 5.02 Å². The van der Waals surface area contributed by atoms with Gasteiger partial charge in [0, 0.05) is 36.9 Å². The van der Waals surface area contributed by atoms with E-state index in [1.54, 1.807) is 54.5 Å². The highest BCUT2D eigenvalue weighted by molar-refractivity contribution is 7.92. The summed E-state index contributed by atoms with van der Waals surface area (Å²) in [5.74, 6) is 0.545. The number of benzene rings is 3. The van der Waals surface area contributed by atoms with E-state index in [1.165, 1.54) is 12.1 Å². The zero-order chi connectivity index (χ0) is 24.1. The lowest BCUT2D eigenvalue weighted by atomic mass is 10.2. The minimum Gasteiger partial charge on any atom is -0.497 e. The van der Waals surface area contributed by atoms with Gasteiger partial charge in [0.15, 0.2) is 0 Å². The molecule has 1 amide bonds. The number of hydrogen-bond donors (Lipinski definition) is 0. The van der Waals surface area contributed by atoms with Crippen LogP contribution in [-0.4, -0.2) is 59.1 Å². The zero-order valence-corrected chi connectivity index (χ0v) is 20.4. The van der Waals surface area contributed by atoms with Crippen molar-refractivity contribution in [3.8, 4) is 5.75 Å². The molecule has 0 bridgehead atoms. The first-order valence-electron chi connectivity index (χ1n) is 10.9. The van der Waals surface area contributed by atoms with Gasteiger partial charge in [0.25, 0.3) is 10.0 Å². The number of sulfonamides is 1. The molecular formula is C25H26ClN3O4S. The van der Waals surface area contributed by atoms with Gasteiger partial charge in [-0.2, -0.15) is 0 Å². The molecule has 0 spiro atoms. The second-order valence-electron chi connectivity index (χ2n) is 7.87. The summed E-state index contributed by atoms with van der Waals surface area (Å²) < 4.78 is 33.2. The third-order valence-corrected chi connectivity index (χ3v) is 7.83. The Hall–Kier alpha value is -3.23. The molecule has 0 N–H and O–H groups in total. The summed E-state index contributed by atoms with van der Waals surface area (Å²) in [5, 5.41) is 0.488. The van der Waals surface area contributed by atoms with E-state index >= 15 is 0 Å². The fourth-order valence-electron chi connectivity index (χ4n) is 3.87. The van der Waals surface area contributed by atoms with Crippen molar-refractivity contribution >= 4 is 38.9 Å². The van der Waals surface area contributed by atoms with E-state index < -0.39 is 10.0 Å². The number of anilines is 2. The summed E-state index contributed by atoms with van der Waals surface area (Å²) in [6, 6.07) is 22.4. The van der Waals surface area contributed by atoms with Crippen molar-refractivity contribution < 1.29 is 17.9 Å². The van der Waals surface area contributed by atoms with Crippen molar-refractivity contribution in [2.75, 3.05) is 49.0 Å².